The molecule has 3 aliphatic heterocycles. The molecule has 25 heavy (non-hydrogen) atoms. The number of amides is 2. The molecule has 1 saturated heterocycles. The van der Waals surface area contributed by atoms with Gasteiger partial charge >= 0.3 is 0 Å². The number of hydrogen-bond acceptors (Lipinski definition) is 8. The summed E-state index contributed by atoms with van der Waals surface area (Å²) in [6.45, 7) is 1.17. The molecule has 9 nitrogen and oxygen atoms in total. The van der Waals surface area contributed by atoms with Crippen LogP contribution >= 0.6 is 11.8 Å². The van der Waals surface area contributed by atoms with E-state index in [1.54, 1.807) is 0 Å². The largest absolute Gasteiger partial charge is 0.454 e. The molecule has 1 fully saturated rings. The van der Waals surface area contributed by atoms with E-state index in [1.807, 2.05) is 18.2 Å². The van der Waals surface area contributed by atoms with Crippen LogP contribution in [0.3, 0.4) is 0 Å². The highest BCUT2D eigenvalue weighted by molar-refractivity contribution is 8.14. The molecule has 1 aromatic carbocycles. The van der Waals surface area contributed by atoms with Gasteiger partial charge in [0.05, 0.1) is 11.7 Å². The van der Waals surface area contributed by atoms with E-state index in [-0.39, 0.29) is 36.4 Å². The number of hydrogen-bond donors (Lipinski definition) is 4. The summed E-state index contributed by atoms with van der Waals surface area (Å²) in [5.74, 6) is 1.15. The molecular weight excluding hydrogens is 346 g/mol. The number of ether oxygens (including phenoxy) is 2. The maximum absolute atomic E-state index is 12.0. The van der Waals surface area contributed by atoms with Crippen LogP contribution in [0.2, 0.25) is 0 Å². The van der Waals surface area contributed by atoms with E-state index < -0.39 is 0 Å². The van der Waals surface area contributed by atoms with Gasteiger partial charge < -0.3 is 20.1 Å². The lowest BCUT2D eigenvalue weighted by Crippen LogP contribution is -2.46. The average molecular weight is 363 g/mol. The molecule has 2 atom stereocenters. The van der Waals surface area contributed by atoms with Crippen molar-refractivity contribution in [3.8, 4) is 11.5 Å². The average Bonchev–Trinajstić information content (AvgIpc) is 3.26. The Morgan fingerprint density at radius 3 is 3.16 bits per heavy atom. The number of rotatable bonds is 4. The van der Waals surface area contributed by atoms with Gasteiger partial charge in [-0.1, -0.05) is 17.8 Å². The first-order chi connectivity index (χ1) is 12.2. The van der Waals surface area contributed by atoms with Crippen LogP contribution in [0.15, 0.2) is 23.2 Å². The van der Waals surface area contributed by atoms with Crippen molar-refractivity contribution in [2.24, 2.45) is 10.9 Å². The van der Waals surface area contributed by atoms with Gasteiger partial charge in [-0.3, -0.25) is 15.0 Å². The number of hydrazine groups is 1. The number of nitrogens with zero attached hydrogens (tertiary/aromatic N) is 1. The van der Waals surface area contributed by atoms with Crippen molar-refractivity contribution in [2.75, 3.05) is 19.1 Å². The number of carbonyl (C=O) groups is 2. The normalized spacial score (nSPS) is 23.7. The van der Waals surface area contributed by atoms with E-state index in [1.165, 1.54) is 11.8 Å². The topological polar surface area (TPSA) is 113 Å². The summed E-state index contributed by atoms with van der Waals surface area (Å²) >= 11 is 1.21. The van der Waals surface area contributed by atoms with Crippen molar-refractivity contribution in [2.45, 2.75) is 12.7 Å². The minimum atomic E-state index is -0.270. The third kappa shape index (κ3) is 3.55. The van der Waals surface area contributed by atoms with Crippen LogP contribution < -0.4 is 31.0 Å². The van der Waals surface area contributed by atoms with Gasteiger partial charge in [0, 0.05) is 13.1 Å². The number of fused-ring (bicyclic) bond motifs is 2. The van der Waals surface area contributed by atoms with Crippen LogP contribution in [-0.2, 0) is 16.1 Å². The zero-order valence-electron chi connectivity index (χ0n) is 13.2. The van der Waals surface area contributed by atoms with Crippen LogP contribution in [0.4, 0.5) is 0 Å². The first-order valence-corrected chi connectivity index (χ1v) is 8.83. The Balaban J connectivity index is 1.26. The van der Waals surface area contributed by atoms with E-state index >= 15 is 0 Å². The van der Waals surface area contributed by atoms with Crippen LogP contribution in [0.5, 0.6) is 11.5 Å². The van der Waals surface area contributed by atoms with Crippen molar-refractivity contribution in [3.63, 3.8) is 0 Å². The number of thioether (sulfide) groups is 1. The van der Waals surface area contributed by atoms with Crippen LogP contribution in [0.25, 0.3) is 0 Å². The van der Waals surface area contributed by atoms with Gasteiger partial charge in [-0.05, 0) is 17.7 Å². The summed E-state index contributed by atoms with van der Waals surface area (Å²) in [6, 6.07) is 5.55. The number of aliphatic imine (C=N–C) groups is 1. The van der Waals surface area contributed by atoms with Crippen molar-refractivity contribution < 1.29 is 19.1 Å². The molecule has 0 radical (unpaired) electrons. The predicted molar refractivity (Wildman–Crippen MR) is 90.9 cm³/mol. The highest BCUT2D eigenvalue weighted by atomic mass is 32.2. The molecule has 2 unspecified atom stereocenters. The maximum Gasteiger partial charge on any atom is 0.233 e. The molecule has 3 heterocycles. The third-order valence-corrected chi connectivity index (χ3v) is 4.93. The smallest absolute Gasteiger partial charge is 0.233 e. The fourth-order valence-electron chi connectivity index (χ4n) is 2.71. The summed E-state index contributed by atoms with van der Waals surface area (Å²) in [4.78, 5) is 28.3. The first-order valence-electron chi connectivity index (χ1n) is 7.84. The molecule has 4 N–H and O–H groups in total. The minimum absolute atomic E-state index is 0.0826. The lowest BCUT2D eigenvalue weighted by atomic mass is 10.1. The second-order valence-electron chi connectivity index (χ2n) is 5.75. The number of amidine groups is 1. The van der Waals surface area contributed by atoms with Gasteiger partial charge in [0.1, 0.15) is 6.17 Å². The molecular formula is C15H17N5O4S. The molecule has 10 heteroatoms. The number of carbonyl (C=O) groups excluding carboxylic acids is 2. The molecule has 1 aromatic rings. The molecule has 0 spiro atoms. The third-order valence-electron chi connectivity index (χ3n) is 4.04. The monoisotopic (exact) mass is 363 g/mol. The Morgan fingerprint density at radius 2 is 2.24 bits per heavy atom. The lowest BCUT2D eigenvalue weighted by molar-refractivity contribution is -0.123. The number of nitrogens with one attached hydrogen (secondary N) is 4. The van der Waals surface area contributed by atoms with Gasteiger partial charge in [-0.25, -0.2) is 10.4 Å². The highest BCUT2D eigenvalue weighted by Crippen LogP contribution is 2.32. The lowest BCUT2D eigenvalue weighted by Gasteiger charge is -2.21. The summed E-state index contributed by atoms with van der Waals surface area (Å²) in [5.41, 5.74) is 6.78. The summed E-state index contributed by atoms with van der Waals surface area (Å²) in [5, 5.41) is 6.02. The Hall–Kier alpha value is -2.30. The quantitative estimate of drug-likeness (QED) is 0.559. The number of benzene rings is 1. The second kappa shape index (κ2) is 6.90. The van der Waals surface area contributed by atoms with E-state index in [4.69, 9.17) is 9.47 Å². The van der Waals surface area contributed by atoms with E-state index in [9.17, 15) is 9.59 Å². The van der Waals surface area contributed by atoms with E-state index in [0.717, 1.165) is 5.56 Å². The Labute approximate surface area is 147 Å². The molecule has 132 valence electrons. The molecule has 0 aliphatic carbocycles. The molecule has 0 aromatic heterocycles. The van der Waals surface area contributed by atoms with Crippen molar-refractivity contribution >= 4 is 28.7 Å². The zero-order valence-corrected chi connectivity index (χ0v) is 14.0. The van der Waals surface area contributed by atoms with Crippen molar-refractivity contribution in [1.82, 2.24) is 21.5 Å². The van der Waals surface area contributed by atoms with E-state index in [0.29, 0.717) is 29.8 Å². The van der Waals surface area contributed by atoms with Gasteiger partial charge in [0.25, 0.3) is 0 Å². The Bertz CT molecular complexity index is 741. The standard InChI is InChI=1S/C15H17N5O4S/c21-12(16-4-8-1-2-10-11(3-8)24-7-23-10)6-25-15-18-13-9(5-17-20-13)14(22)19-15/h1-3,9,13,17,20H,4-7H2,(H,16,21)(H,18,19,22). The predicted octanol–water partition coefficient (Wildman–Crippen LogP) is -0.699. The Morgan fingerprint density at radius 1 is 1.36 bits per heavy atom. The molecule has 0 bridgehead atoms. The van der Waals surface area contributed by atoms with Gasteiger partial charge in [-0.15, -0.1) is 0 Å². The maximum atomic E-state index is 12.0. The SMILES string of the molecule is O=C(CSC1=NC2NNCC2C(=O)N1)NCc1ccc2c(c1)OCO2. The van der Waals surface area contributed by atoms with Gasteiger partial charge in [-0.2, -0.15) is 0 Å². The van der Waals surface area contributed by atoms with Gasteiger partial charge in [0.2, 0.25) is 18.6 Å². The fraction of sp³-hybridized carbons (Fsp3) is 0.400. The zero-order chi connectivity index (χ0) is 17.2. The molecule has 2 amide bonds. The minimum Gasteiger partial charge on any atom is -0.454 e. The summed E-state index contributed by atoms with van der Waals surface area (Å²) in [6.07, 6.45) is -0.270. The summed E-state index contributed by atoms with van der Waals surface area (Å²) in [7, 11) is 0. The van der Waals surface area contributed by atoms with Gasteiger partial charge in [0.15, 0.2) is 16.7 Å². The van der Waals surface area contributed by atoms with E-state index in [2.05, 4.69) is 26.5 Å². The Kier molecular flexibility index (Phi) is 4.47. The second-order valence-corrected chi connectivity index (χ2v) is 6.72. The fourth-order valence-corrected chi connectivity index (χ4v) is 3.44. The van der Waals surface area contributed by atoms with Crippen molar-refractivity contribution in [1.29, 1.82) is 0 Å². The van der Waals surface area contributed by atoms with Crippen LogP contribution in [-0.4, -0.2) is 42.2 Å². The molecule has 3 aliphatic rings. The highest BCUT2D eigenvalue weighted by Gasteiger charge is 2.36. The molecule has 0 saturated carbocycles. The molecule has 4 rings (SSSR count). The van der Waals surface area contributed by atoms with Crippen molar-refractivity contribution in [3.05, 3.63) is 23.8 Å². The van der Waals surface area contributed by atoms with Crippen LogP contribution in [0.1, 0.15) is 5.56 Å². The van der Waals surface area contributed by atoms with Crippen LogP contribution in [0, 0.1) is 5.92 Å². The summed E-state index contributed by atoms with van der Waals surface area (Å²) < 4.78 is 10.6. The first kappa shape index (κ1) is 16.2.